The van der Waals surface area contributed by atoms with Gasteiger partial charge >= 0.3 is 6.03 Å². The van der Waals surface area contributed by atoms with Crippen LogP contribution in [0.3, 0.4) is 0 Å². The van der Waals surface area contributed by atoms with E-state index >= 15 is 0 Å². The van der Waals surface area contributed by atoms with E-state index in [0.29, 0.717) is 35.2 Å². The molecule has 5 nitrogen and oxygen atoms in total. The third kappa shape index (κ3) is 3.55. The lowest BCUT2D eigenvalue weighted by molar-refractivity contribution is 0.203. The smallest absolute Gasteiger partial charge is 0.321 e. The minimum atomic E-state index is -0.216. The Morgan fingerprint density at radius 1 is 1.40 bits per heavy atom. The normalized spacial score (nSPS) is 21.1. The number of amides is 2. The topological polar surface area (TPSA) is 64.9 Å². The Morgan fingerprint density at radius 2 is 2.05 bits per heavy atom. The van der Waals surface area contributed by atoms with Crippen LogP contribution in [0.15, 0.2) is 23.4 Å². The van der Waals surface area contributed by atoms with Crippen LogP contribution in [0.2, 0.25) is 10.0 Å². The first-order chi connectivity index (χ1) is 9.49. The third-order valence-electron chi connectivity index (χ3n) is 3.23. The number of oxime groups is 1. The molecule has 1 atom stereocenters. The maximum Gasteiger partial charge on any atom is 0.321 e. The van der Waals surface area contributed by atoms with Crippen molar-refractivity contribution in [2.45, 2.75) is 13.3 Å². The number of nitrogens with one attached hydrogen (secondary N) is 1. The van der Waals surface area contributed by atoms with Gasteiger partial charge in [0.2, 0.25) is 0 Å². The van der Waals surface area contributed by atoms with Crippen LogP contribution in [-0.4, -0.2) is 34.9 Å². The Hall–Kier alpha value is -1.46. The monoisotopic (exact) mass is 315 g/mol. The molecule has 1 aliphatic rings. The lowest BCUT2D eigenvalue weighted by Gasteiger charge is -2.31. The number of benzene rings is 1. The van der Waals surface area contributed by atoms with Crippen LogP contribution in [0.25, 0.3) is 0 Å². The summed E-state index contributed by atoms with van der Waals surface area (Å²) < 4.78 is 0. The summed E-state index contributed by atoms with van der Waals surface area (Å²) in [5, 5.41) is 15.8. The SMILES string of the molecule is CC1CN(C(=O)Nc2cc(Cl)cc(Cl)c2)CC/C1=N\O. The molecule has 0 aromatic heterocycles. The fourth-order valence-corrected chi connectivity index (χ4v) is 2.71. The lowest BCUT2D eigenvalue weighted by Crippen LogP contribution is -2.45. The molecule has 0 saturated carbocycles. The van der Waals surface area contributed by atoms with Gasteiger partial charge in [-0.15, -0.1) is 0 Å². The highest BCUT2D eigenvalue weighted by Crippen LogP contribution is 2.23. The largest absolute Gasteiger partial charge is 0.411 e. The van der Waals surface area contributed by atoms with E-state index in [1.165, 1.54) is 0 Å². The molecular weight excluding hydrogens is 301 g/mol. The number of hydrogen-bond acceptors (Lipinski definition) is 3. The van der Waals surface area contributed by atoms with E-state index in [9.17, 15) is 4.79 Å². The van der Waals surface area contributed by atoms with Crippen molar-refractivity contribution >= 4 is 40.6 Å². The molecule has 108 valence electrons. The molecule has 2 N–H and O–H groups in total. The fourth-order valence-electron chi connectivity index (χ4n) is 2.18. The van der Waals surface area contributed by atoms with Gasteiger partial charge in [0.1, 0.15) is 0 Å². The molecule has 0 radical (unpaired) electrons. The zero-order chi connectivity index (χ0) is 14.7. The maximum absolute atomic E-state index is 12.2. The number of hydrogen-bond donors (Lipinski definition) is 2. The van der Waals surface area contributed by atoms with Gasteiger partial charge in [-0.25, -0.2) is 4.79 Å². The van der Waals surface area contributed by atoms with Gasteiger partial charge in [-0.2, -0.15) is 0 Å². The average Bonchev–Trinajstić information content (AvgIpc) is 2.37. The minimum Gasteiger partial charge on any atom is -0.411 e. The molecule has 1 fully saturated rings. The Balaban J connectivity index is 2.02. The molecule has 1 aromatic carbocycles. The maximum atomic E-state index is 12.2. The van der Waals surface area contributed by atoms with Crippen LogP contribution in [0.1, 0.15) is 13.3 Å². The summed E-state index contributed by atoms with van der Waals surface area (Å²) >= 11 is 11.8. The summed E-state index contributed by atoms with van der Waals surface area (Å²) in [6.45, 7) is 2.95. The summed E-state index contributed by atoms with van der Waals surface area (Å²) in [6, 6.07) is 4.66. The first-order valence-corrected chi connectivity index (χ1v) is 6.98. The van der Waals surface area contributed by atoms with Gasteiger partial charge in [0.05, 0.1) is 5.71 Å². The summed E-state index contributed by atoms with van der Waals surface area (Å²) in [6.07, 6.45) is 0.571. The van der Waals surface area contributed by atoms with E-state index in [1.54, 1.807) is 23.1 Å². The number of nitrogens with zero attached hydrogens (tertiary/aromatic N) is 2. The van der Waals surface area contributed by atoms with E-state index in [0.717, 1.165) is 5.71 Å². The van der Waals surface area contributed by atoms with Gasteiger partial charge in [0.25, 0.3) is 0 Å². The molecule has 20 heavy (non-hydrogen) atoms. The predicted molar refractivity (Wildman–Crippen MR) is 80.1 cm³/mol. The van der Waals surface area contributed by atoms with Crippen molar-refractivity contribution in [2.24, 2.45) is 11.1 Å². The Bertz CT molecular complexity index is 528. The third-order valence-corrected chi connectivity index (χ3v) is 3.67. The van der Waals surface area contributed by atoms with E-state index in [-0.39, 0.29) is 11.9 Å². The molecular formula is C13H15Cl2N3O2. The first-order valence-electron chi connectivity index (χ1n) is 6.22. The lowest BCUT2D eigenvalue weighted by atomic mass is 9.98. The van der Waals surface area contributed by atoms with Crippen LogP contribution in [-0.2, 0) is 0 Å². The average molecular weight is 316 g/mol. The predicted octanol–water partition coefficient (Wildman–Crippen LogP) is 3.70. The number of carbonyl (C=O) groups excluding carboxylic acids is 1. The molecule has 0 aliphatic carbocycles. The number of carbonyl (C=O) groups is 1. The van der Waals surface area contributed by atoms with E-state index in [1.807, 2.05) is 6.92 Å². The van der Waals surface area contributed by atoms with Crippen LogP contribution < -0.4 is 5.32 Å². The van der Waals surface area contributed by atoms with Gasteiger partial charge < -0.3 is 15.4 Å². The second kappa shape index (κ2) is 6.33. The van der Waals surface area contributed by atoms with E-state index in [4.69, 9.17) is 28.4 Å². The second-order valence-electron chi connectivity index (χ2n) is 4.78. The van der Waals surface area contributed by atoms with E-state index < -0.39 is 0 Å². The molecule has 0 spiro atoms. The van der Waals surface area contributed by atoms with Crippen molar-refractivity contribution in [1.82, 2.24) is 4.90 Å². The summed E-state index contributed by atoms with van der Waals surface area (Å²) in [7, 11) is 0. The second-order valence-corrected chi connectivity index (χ2v) is 5.65. The molecule has 1 aliphatic heterocycles. The zero-order valence-electron chi connectivity index (χ0n) is 10.9. The summed E-state index contributed by atoms with van der Waals surface area (Å²) in [5.74, 6) is 0.0439. The number of piperidine rings is 1. The molecule has 1 saturated heterocycles. The fraction of sp³-hybridized carbons (Fsp3) is 0.385. The number of urea groups is 1. The van der Waals surface area contributed by atoms with Crippen molar-refractivity contribution in [3.8, 4) is 0 Å². The highest BCUT2D eigenvalue weighted by molar-refractivity contribution is 6.35. The van der Waals surface area contributed by atoms with Gasteiger partial charge in [-0.1, -0.05) is 35.3 Å². The van der Waals surface area contributed by atoms with Crippen LogP contribution in [0.5, 0.6) is 0 Å². The number of anilines is 1. The number of rotatable bonds is 1. The van der Waals surface area contributed by atoms with Crippen LogP contribution >= 0.6 is 23.2 Å². The highest BCUT2D eigenvalue weighted by Gasteiger charge is 2.25. The molecule has 0 bridgehead atoms. The highest BCUT2D eigenvalue weighted by atomic mass is 35.5. The summed E-state index contributed by atoms with van der Waals surface area (Å²) in [4.78, 5) is 13.8. The van der Waals surface area contributed by atoms with E-state index in [2.05, 4.69) is 10.5 Å². The van der Waals surface area contributed by atoms with Gasteiger partial charge in [-0.3, -0.25) is 0 Å². The minimum absolute atomic E-state index is 0.0439. The van der Waals surface area contributed by atoms with Crippen molar-refractivity contribution < 1.29 is 10.0 Å². The van der Waals surface area contributed by atoms with Crippen molar-refractivity contribution in [3.63, 3.8) is 0 Å². The van der Waals surface area contributed by atoms with Gasteiger partial charge in [-0.05, 0) is 18.2 Å². The van der Waals surface area contributed by atoms with Crippen LogP contribution in [0.4, 0.5) is 10.5 Å². The standard InChI is InChI=1S/C13H15Cl2N3O2/c1-8-7-18(3-2-12(8)17-20)13(19)16-11-5-9(14)4-10(15)6-11/h4-6,8,20H,2-3,7H2,1H3,(H,16,19)/b17-12+. The molecule has 1 heterocycles. The molecule has 7 heteroatoms. The zero-order valence-corrected chi connectivity index (χ0v) is 12.4. The first kappa shape index (κ1) is 14.9. The van der Waals surface area contributed by atoms with Crippen molar-refractivity contribution in [3.05, 3.63) is 28.2 Å². The Morgan fingerprint density at radius 3 is 2.60 bits per heavy atom. The molecule has 1 unspecified atom stereocenters. The molecule has 1 aromatic rings. The van der Waals surface area contributed by atoms with Crippen molar-refractivity contribution in [1.29, 1.82) is 0 Å². The Labute approximate surface area is 127 Å². The number of halogens is 2. The quantitative estimate of drug-likeness (QED) is 0.613. The molecule has 2 rings (SSSR count). The van der Waals surface area contributed by atoms with Crippen LogP contribution in [0, 0.1) is 5.92 Å². The Kier molecular flexibility index (Phi) is 4.73. The number of likely N-dealkylation sites (tertiary alicyclic amines) is 1. The van der Waals surface area contributed by atoms with Gasteiger partial charge in [0.15, 0.2) is 0 Å². The summed E-state index contributed by atoms with van der Waals surface area (Å²) in [5.41, 5.74) is 1.28. The molecule has 2 amide bonds. The van der Waals surface area contributed by atoms with Crippen molar-refractivity contribution in [2.75, 3.05) is 18.4 Å². The van der Waals surface area contributed by atoms with Gasteiger partial charge in [0, 0.05) is 41.2 Å².